The molecule has 0 bridgehead atoms. The van der Waals surface area contributed by atoms with E-state index in [-0.39, 0.29) is 17.0 Å². The Kier molecular flexibility index (Phi) is 6.43. The molecule has 0 saturated carbocycles. The number of ether oxygens (including phenoxy) is 3. The third-order valence-corrected chi connectivity index (χ3v) is 6.35. The van der Waals surface area contributed by atoms with Crippen molar-refractivity contribution in [2.45, 2.75) is 33.2 Å². The Bertz CT molecular complexity index is 1300. The third-order valence-electron chi connectivity index (χ3n) is 5.48. The number of nitriles is 1. The van der Waals surface area contributed by atoms with E-state index >= 15 is 0 Å². The summed E-state index contributed by atoms with van der Waals surface area (Å²) in [7, 11) is 0. The molecule has 0 amide bonds. The summed E-state index contributed by atoms with van der Waals surface area (Å²) in [4.78, 5) is 14.8. The van der Waals surface area contributed by atoms with Gasteiger partial charge in [0.15, 0.2) is 11.5 Å². The molecule has 1 aromatic carbocycles. The Hall–Kier alpha value is -3.70. The van der Waals surface area contributed by atoms with Gasteiger partial charge in [-0.05, 0) is 49.9 Å². The largest absolute Gasteiger partial charge is 0.490 e. The van der Waals surface area contributed by atoms with Gasteiger partial charge in [-0.3, -0.25) is 4.79 Å². The monoisotopic (exact) mass is 463 g/mol. The molecule has 8 heteroatoms. The Morgan fingerprint density at radius 2 is 1.94 bits per heavy atom. The second-order valence-corrected chi connectivity index (χ2v) is 8.56. The van der Waals surface area contributed by atoms with E-state index < -0.39 is 5.92 Å². The molecule has 0 radical (unpaired) electrons. The average molecular weight is 464 g/mol. The fraction of sp³-hybridized carbons (Fsp3) is 0.280. The first-order valence-electron chi connectivity index (χ1n) is 10.7. The Morgan fingerprint density at radius 1 is 1.18 bits per heavy atom. The maximum absolute atomic E-state index is 13.8. The van der Waals surface area contributed by atoms with Crippen LogP contribution in [0, 0.1) is 18.3 Å². The van der Waals surface area contributed by atoms with Gasteiger partial charge in [-0.25, -0.2) is 0 Å². The van der Waals surface area contributed by atoms with Crippen molar-refractivity contribution in [1.82, 2.24) is 4.57 Å². The highest BCUT2D eigenvalue weighted by atomic mass is 32.1. The number of aromatic nitrogens is 1. The van der Waals surface area contributed by atoms with Gasteiger partial charge in [0.2, 0.25) is 5.88 Å². The van der Waals surface area contributed by atoms with Gasteiger partial charge < -0.3 is 24.5 Å². The van der Waals surface area contributed by atoms with E-state index in [0.717, 1.165) is 10.6 Å². The van der Waals surface area contributed by atoms with Crippen molar-refractivity contribution in [2.75, 3.05) is 13.2 Å². The van der Waals surface area contributed by atoms with Gasteiger partial charge in [0.1, 0.15) is 17.4 Å². The smallest absolute Gasteiger partial charge is 0.259 e. The predicted octanol–water partition coefficient (Wildman–Crippen LogP) is 4.28. The van der Waals surface area contributed by atoms with Gasteiger partial charge >= 0.3 is 0 Å². The molecule has 2 N–H and O–H groups in total. The molecule has 3 aromatic rings. The van der Waals surface area contributed by atoms with Crippen LogP contribution in [0.1, 0.15) is 41.5 Å². The number of aryl methyl sites for hydroxylation is 1. The zero-order chi connectivity index (χ0) is 23.5. The molecule has 0 fully saturated rings. The van der Waals surface area contributed by atoms with E-state index in [1.165, 1.54) is 0 Å². The molecular formula is C25H25N3O4S. The molecule has 7 nitrogen and oxygen atoms in total. The molecule has 2 aromatic heterocycles. The van der Waals surface area contributed by atoms with E-state index in [1.807, 2.05) is 50.4 Å². The summed E-state index contributed by atoms with van der Waals surface area (Å²) in [5.74, 6) is 0.831. The summed E-state index contributed by atoms with van der Waals surface area (Å²) >= 11 is 1.59. The number of nitrogens with zero attached hydrogens (tertiary/aromatic N) is 2. The summed E-state index contributed by atoms with van der Waals surface area (Å²) in [6, 6.07) is 13.3. The standard InChI is InChI=1S/C25H25N3O4S/c1-4-30-19-9-8-16(12-20(19)31-5-2)22-18(13-26)24(27)32-21-11-15(3)28(25(29)23(21)22)14-17-7-6-10-33-17/h6-12,22H,4-5,14,27H2,1-3H3/t22-/m0/s1. The second-order valence-electron chi connectivity index (χ2n) is 7.53. The van der Waals surface area contributed by atoms with E-state index in [1.54, 1.807) is 28.0 Å². The normalized spacial score (nSPS) is 14.9. The molecule has 0 aliphatic carbocycles. The number of fused-ring (bicyclic) bond motifs is 1. The van der Waals surface area contributed by atoms with Crippen LogP contribution < -0.4 is 25.5 Å². The van der Waals surface area contributed by atoms with Crippen LogP contribution in [0.5, 0.6) is 17.2 Å². The average Bonchev–Trinajstić information content (AvgIpc) is 3.30. The van der Waals surface area contributed by atoms with E-state index in [2.05, 4.69) is 6.07 Å². The summed E-state index contributed by atoms with van der Waals surface area (Å²) in [6.45, 7) is 7.02. The number of hydrogen-bond donors (Lipinski definition) is 1. The Labute approximate surface area is 196 Å². The Balaban J connectivity index is 1.91. The number of hydrogen-bond acceptors (Lipinski definition) is 7. The van der Waals surface area contributed by atoms with Gasteiger partial charge in [0.05, 0.1) is 31.2 Å². The molecule has 3 heterocycles. The first-order chi connectivity index (χ1) is 16.0. The maximum atomic E-state index is 13.8. The van der Waals surface area contributed by atoms with Crippen molar-refractivity contribution >= 4 is 11.3 Å². The lowest BCUT2D eigenvalue weighted by Gasteiger charge is -2.27. The highest BCUT2D eigenvalue weighted by Crippen LogP contribution is 2.42. The molecule has 0 unspecified atom stereocenters. The predicted molar refractivity (Wildman–Crippen MR) is 127 cm³/mol. The van der Waals surface area contributed by atoms with Crippen molar-refractivity contribution in [3.63, 3.8) is 0 Å². The molecule has 1 aliphatic heterocycles. The zero-order valence-electron chi connectivity index (χ0n) is 18.8. The lowest BCUT2D eigenvalue weighted by atomic mass is 9.84. The van der Waals surface area contributed by atoms with E-state index in [4.69, 9.17) is 19.9 Å². The maximum Gasteiger partial charge on any atom is 0.259 e. The number of thiophene rings is 1. The first kappa shape index (κ1) is 22.5. The van der Waals surface area contributed by atoms with Gasteiger partial charge in [0, 0.05) is 16.6 Å². The van der Waals surface area contributed by atoms with E-state index in [0.29, 0.717) is 48.1 Å². The molecule has 33 heavy (non-hydrogen) atoms. The molecule has 1 atom stereocenters. The summed E-state index contributed by atoms with van der Waals surface area (Å²) in [5.41, 5.74) is 7.94. The van der Waals surface area contributed by atoms with Crippen molar-refractivity contribution in [3.8, 4) is 23.3 Å². The van der Waals surface area contributed by atoms with Crippen molar-refractivity contribution in [3.05, 3.63) is 85.3 Å². The lowest BCUT2D eigenvalue weighted by Crippen LogP contribution is -2.32. The quantitative estimate of drug-likeness (QED) is 0.561. The summed E-state index contributed by atoms with van der Waals surface area (Å²) in [6.07, 6.45) is 0. The zero-order valence-corrected chi connectivity index (χ0v) is 19.6. The van der Waals surface area contributed by atoms with Gasteiger partial charge in [0.25, 0.3) is 5.56 Å². The molecule has 1 aliphatic rings. The van der Waals surface area contributed by atoms with Crippen LogP contribution in [0.25, 0.3) is 0 Å². The highest BCUT2D eigenvalue weighted by Gasteiger charge is 2.35. The van der Waals surface area contributed by atoms with Gasteiger partial charge in [-0.1, -0.05) is 12.1 Å². The van der Waals surface area contributed by atoms with Crippen molar-refractivity contribution in [2.24, 2.45) is 5.73 Å². The number of allylic oxidation sites excluding steroid dienone is 1. The number of rotatable bonds is 7. The van der Waals surface area contributed by atoms with Crippen LogP contribution in [0.4, 0.5) is 0 Å². The minimum Gasteiger partial charge on any atom is -0.490 e. The number of nitrogens with two attached hydrogens (primary N) is 1. The molecule has 0 saturated heterocycles. The van der Waals surface area contributed by atoms with Crippen LogP contribution in [-0.2, 0) is 6.54 Å². The van der Waals surface area contributed by atoms with Gasteiger partial charge in [-0.2, -0.15) is 5.26 Å². The summed E-state index contributed by atoms with van der Waals surface area (Å²) in [5, 5.41) is 11.9. The Morgan fingerprint density at radius 3 is 2.61 bits per heavy atom. The fourth-order valence-electron chi connectivity index (χ4n) is 4.02. The van der Waals surface area contributed by atoms with Crippen LogP contribution in [0.2, 0.25) is 0 Å². The van der Waals surface area contributed by atoms with E-state index in [9.17, 15) is 10.1 Å². The van der Waals surface area contributed by atoms with Gasteiger partial charge in [-0.15, -0.1) is 11.3 Å². The second kappa shape index (κ2) is 9.43. The minimum atomic E-state index is -0.684. The van der Waals surface area contributed by atoms with Crippen LogP contribution in [-0.4, -0.2) is 17.8 Å². The lowest BCUT2D eigenvalue weighted by molar-refractivity contribution is 0.287. The van der Waals surface area contributed by atoms with Crippen LogP contribution in [0.3, 0.4) is 0 Å². The molecule has 0 spiro atoms. The topological polar surface area (TPSA) is 99.5 Å². The van der Waals surface area contributed by atoms with Crippen LogP contribution >= 0.6 is 11.3 Å². The fourth-order valence-corrected chi connectivity index (χ4v) is 4.71. The van der Waals surface area contributed by atoms with Crippen molar-refractivity contribution in [1.29, 1.82) is 5.26 Å². The number of pyridine rings is 1. The SMILES string of the molecule is CCOc1ccc([C@H]2C(C#N)=C(N)Oc3cc(C)n(Cc4cccs4)c(=O)c32)cc1OCC. The first-order valence-corrected chi connectivity index (χ1v) is 11.6. The minimum absolute atomic E-state index is 0.00310. The van der Waals surface area contributed by atoms with Crippen LogP contribution in [0.15, 0.2) is 58.0 Å². The molecule has 170 valence electrons. The third kappa shape index (κ3) is 4.20. The highest BCUT2D eigenvalue weighted by molar-refractivity contribution is 7.09. The van der Waals surface area contributed by atoms with Crippen molar-refractivity contribution < 1.29 is 14.2 Å². The number of benzene rings is 1. The molecular weight excluding hydrogens is 438 g/mol. The molecule has 4 rings (SSSR count). The summed E-state index contributed by atoms with van der Waals surface area (Å²) < 4.78 is 18.9.